The van der Waals surface area contributed by atoms with Crippen LogP contribution in [-0.4, -0.2) is 197 Å². The van der Waals surface area contributed by atoms with E-state index in [4.69, 9.17) is 47.1 Å². The fourth-order valence-electron chi connectivity index (χ4n) is 16.2. The predicted octanol–water partition coefficient (Wildman–Crippen LogP) is 13.7. The number of ether oxygens (including phenoxy) is 5. The van der Waals surface area contributed by atoms with E-state index in [1.807, 2.05) is 82.6 Å². The SMILES string of the molecule is C.C.C.C1CCOC1.CC#N.CCCCCOc1ccc2c(c1)CC(=O)CC2.CS(=O)(=O)Cl.O=C1C=Cc2ccc(OCCCCN3CCN(c4cccc5sccc45)CC3)cc2C1.O=C1CCc2ccc(OCCCCN3CCN(c4cccc5sccc45)CC3)cc2C1.O=C1CCc2ccc(OCCCCO)cc2C1.O=CO[O-].[2H][2H].[H-].[K+].[K+].c1cc(N2CCNCC2)c2ccsc2c1. The van der Waals surface area contributed by atoms with Gasteiger partial charge < -0.3 is 60.4 Å². The van der Waals surface area contributed by atoms with Crippen molar-refractivity contribution in [1.29, 1.82) is 5.26 Å². The van der Waals surface area contributed by atoms with Crippen molar-refractivity contribution < 1.29 is 178 Å². The molecule has 0 unspecified atom stereocenters. The Bertz CT molecular complexity index is 5240. The topological polar surface area (TPSA) is 270 Å². The average molecular weight is 1970 g/mol. The van der Waals surface area contributed by atoms with Gasteiger partial charge in [-0.05, 0) is 260 Å². The van der Waals surface area contributed by atoms with Gasteiger partial charge in [-0.3, -0.25) is 33.8 Å². The van der Waals surface area contributed by atoms with Crippen LogP contribution in [0.4, 0.5) is 17.1 Å². The number of nitrogens with zero attached hydrogens (tertiary/aromatic N) is 6. The molecule has 18 rings (SSSR count). The zero-order valence-electron chi connectivity index (χ0n) is 79.4. The third-order valence-electron chi connectivity index (χ3n) is 22.9. The molecule has 0 atom stereocenters. The number of thiophene rings is 3. The summed E-state index contributed by atoms with van der Waals surface area (Å²) in [5, 5.41) is 38.5. The summed E-state index contributed by atoms with van der Waals surface area (Å²) < 4.78 is 61.1. The number of unbranched alkanes of at least 4 members (excludes halogenated alkanes) is 5. The van der Waals surface area contributed by atoms with Gasteiger partial charge in [0.1, 0.15) is 40.3 Å². The van der Waals surface area contributed by atoms with Crippen LogP contribution in [0, 0.1) is 11.3 Å². The zero-order valence-corrected chi connectivity index (χ0v) is 86.6. The molecular formula is C104H140ClK2N7O15S4. The molecule has 7 heterocycles. The number of hydrogen-bond acceptors (Lipinski definition) is 25. The van der Waals surface area contributed by atoms with Gasteiger partial charge in [-0.2, -0.15) is 5.26 Å². The van der Waals surface area contributed by atoms with Crippen molar-refractivity contribution in [3.63, 3.8) is 0 Å². The average Bonchev–Trinajstić information content (AvgIpc) is 1.66. The van der Waals surface area contributed by atoms with E-state index >= 15 is 0 Å². The maximum Gasteiger partial charge on any atom is 1.00 e. The molecule has 4 fully saturated rings. The molecule has 3 aromatic heterocycles. The Morgan fingerprint density at radius 1 is 0.504 bits per heavy atom. The van der Waals surface area contributed by atoms with Crippen LogP contribution in [0.2, 0.25) is 0 Å². The number of carbonyl (C=O) groups is 5. The summed E-state index contributed by atoms with van der Waals surface area (Å²) in [6, 6.07) is 52.9. The van der Waals surface area contributed by atoms with Crippen molar-refractivity contribution in [2.45, 2.75) is 171 Å². The van der Waals surface area contributed by atoms with Crippen LogP contribution in [-0.2, 0) is 87.6 Å². The zero-order chi connectivity index (χ0) is 92.5. The number of aliphatic hydroxyl groups excluding tert-OH is 1. The van der Waals surface area contributed by atoms with Crippen LogP contribution in [0.1, 0.15) is 175 Å². The Morgan fingerprint density at radius 2 is 0.850 bits per heavy atom. The Kier molecular flexibility index (Phi) is 56.8. The van der Waals surface area contributed by atoms with Gasteiger partial charge in [0.25, 0.3) is 6.47 Å². The number of allylic oxidation sites excluding steroid dienone is 1. The number of Topliss-reactive ketones (excluding diaryl/α,β-unsaturated/α-hetero) is 3. The normalized spacial score (nSPS) is 15.2. The number of piperazine rings is 3. The van der Waals surface area contributed by atoms with Gasteiger partial charge >= 0.3 is 103 Å². The molecule has 714 valence electrons. The Labute approximate surface area is 896 Å². The quantitative estimate of drug-likeness (QED) is 0.0127. The first-order valence-corrected chi connectivity index (χ1v) is 50.4. The second kappa shape index (κ2) is 65.5. The molecular weight excluding hydrogens is 1830 g/mol. The molecule has 2 N–H and O–H groups in total. The predicted molar refractivity (Wildman–Crippen MR) is 541 cm³/mol. The van der Waals surface area contributed by atoms with Gasteiger partial charge in [0.2, 0.25) is 9.05 Å². The smallest absolute Gasteiger partial charge is 1.00 e. The molecule has 0 amide bonds. The number of carbonyl (C=O) groups excluding carboxylic acids is 5. The minimum absolute atomic E-state index is 0. The first kappa shape index (κ1) is 115. The molecule has 29 heteroatoms. The van der Waals surface area contributed by atoms with E-state index in [1.54, 1.807) is 12.1 Å². The molecule has 0 saturated carbocycles. The van der Waals surface area contributed by atoms with Gasteiger partial charge in [-0.15, -0.1) is 34.0 Å². The summed E-state index contributed by atoms with van der Waals surface area (Å²) in [5.74, 6) is 4.69. The van der Waals surface area contributed by atoms with Crippen LogP contribution in [0.5, 0.6) is 23.0 Å². The van der Waals surface area contributed by atoms with Crippen molar-refractivity contribution >= 4 is 137 Å². The monoisotopic (exact) mass is 1970 g/mol. The van der Waals surface area contributed by atoms with Gasteiger partial charge in [0, 0.05) is 211 Å². The number of benzene rings is 7. The third-order valence-corrected chi connectivity index (χ3v) is 25.6. The van der Waals surface area contributed by atoms with Crippen LogP contribution in [0.3, 0.4) is 0 Å². The first-order chi connectivity index (χ1) is 63.4. The molecule has 4 aliphatic carbocycles. The number of nitrogens with one attached hydrogen (secondary N) is 1. The number of ketones is 4. The molecule has 4 aliphatic heterocycles. The molecule has 0 spiro atoms. The van der Waals surface area contributed by atoms with Gasteiger partial charge in [-0.1, -0.05) is 90.6 Å². The van der Waals surface area contributed by atoms with Crippen molar-refractivity contribution in [2.75, 3.05) is 159 Å². The fraction of sp³-hybridized carbons (Fsp3) is 0.462. The Balaban J connectivity index is 0.000000422. The minimum Gasteiger partial charge on any atom is -1.00 e. The van der Waals surface area contributed by atoms with Crippen molar-refractivity contribution in [3.8, 4) is 29.1 Å². The van der Waals surface area contributed by atoms with Gasteiger partial charge in [0.15, 0.2) is 5.78 Å². The number of hydrogen-bond donors (Lipinski definition) is 2. The third kappa shape index (κ3) is 41.3. The number of nitriles is 1. The molecule has 0 radical (unpaired) electrons. The van der Waals surface area contributed by atoms with Crippen molar-refractivity contribution in [1.82, 2.24) is 15.1 Å². The molecule has 133 heavy (non-hydrogen) atoms. The van der Waals surface area contributed by atoms with Crippen molar-refractivity contribution in [3.05, 3.63) is 212 Å². The fourth-order valence-corrected chi connectivity index (χ4v) is 18.7. The standard InChI is InChI=1S/C26H30N2O2S.C26H28N2O2S.C15H20O2.C14H18O3.C12H14N2S.C4H8O.C2H3N.CH3ClO2S.CH2O3.3CH4.2K.H2.H/c2*29-22-8-6-20-7-9-23(19-21(20)18-22)30-16-2-1-11-27-12-14-28(15-13-27)25-4-3-5-26-24(25)10-17-31-26;1-2-3-4-9-17-15-8-6-12-5-7-14(16)10-13(12)11-15;15-7-1-2-8-17-14-6-4-11-3-5-13(16)9-12(11)10-14;1-2-11(14-7-5-13-6-8-14)10-4-9-15-12(10)3-1;1-2-4-5-3-1;1-2-3;1-5(2,3)4;2-1-4-3;;;;;;;/h3-5,7,9-10,17,19H,1-2,6,8,11-16,18H2;3-10,17,19H,1-2,11-16,18H2;6,8,11H,2-5,7,9-10H2,1H3;4,6,10,15H,1-3,5,7-9H2;1-4,9,13H,5-8H2;1-4H2;1H3;1H3;1,3H;3*1H4;;;1H;/q;;;;;;;;;;;;2*+1;;-1/p-1/i;;;;;;;;;;;;;;1+1D;. The number of aryl methyl sites for hydroxylation is 3. The molecule has 4 saturated heterocycles. The van der Waals surface area contributed by atoms with Gasteiger partial charge in [0.05, 0.1) is 38.8 Å². The molecule has 7 aromatic carbocycles. The van der Waals surface area contributed by atoms with E-state index in [0.717, 1.165) is 246 Å². The summed E-state index contributed by atoms with van der Waals surface area (Å²) in [7, 11) is 1.31. The maximum absolute atomic E-state index is 11.7. The van der Waals surface area contributed by atoms with Crippen LogP contribution in [0.25, 0.3) is 36.3 Å². The van der Waals surface area contributed by atoms with E-state index in [0.29, 0.717) is 68.9 Å². The van der Waals surface area contributed by atoms with Gasteiger partial charge in [-0.25, -0.2) is 8.42 Å². The van der Waals surface area contributed by atoms with E-state index in [9.17, 15) is 27.6 Å². The van der Waals surface area contributed by atoms with Crippen LogP contribution in [0.15, 0.2) is 168 Å². The number of aliphatic hydroxyl groups is 1. The summed E-state index contributed by atoms with van der Waals surface area (Å²) in [6.07, 6.45) is 23.5. The van der Waals surface area contributed by atoms with E-state index in [-0.39, 0.29) is 145 Å². The molecule has 8 aliphatic rings. The summed E-state index contributed by atoms with van der Waals surface area (Å²) >= 11 is 5.47. The number of anilines is 3. The number of fused-ring (bicyclic) bond motifs is 7. The Hall–Kier alpha value is -6.33. The van der Waals surface area contributed by atoms with E-state index < -0.39 is 9.05 Å². The van der Waals surface area contributed by atoms with Crippen molar-refractivity contribution in [2.24, 2.45) is 0 Å². The second-order valence-corrected chi connectivity index (χ2v) is 38.2. The molecule has 22 nitrogen and oxygen atoms in total. The molecule has 0 bridgehead atoms. The summed E-state index contributed by atoms with van der Waals surface area (Å²) in [6.45, 7) is 24.1. The second-order valence-electron chi connectivity index (χ2n) is 32.4. The number of halogens is 1. The maximum atomic E-state index is 11.7. The van der Waals surface area contributed by atoms with E-state index in [2.05, 4.69) is 172 Å². The van der Waals surface area contributed by atoms with Crippen LogP contribution < -0.4 is 147 Å². The van der Waals surface area contributed by atoms with Crippen LogP contribution >= 0.6 is 44.7 Å². The van der Waals surface area contributed by atoms with E-state index in [1.165, 1.54) is 96.6 Å². The Morgan fingerprint density at radius 3 is 1.20 bits per heavy atom. The molecule has 10 aromatic rings. The largest absolute Gasteiger partial charge is 1.00 e. The number of rotatable bonds is 26. The minimum atomic E-state index is -3.19. The first-order valence-electron chi connectivity index (χ1n) is 46.0. The summed E-state index contributed by atoms with van der Waals surface area (Å²) in [5.41, 5.74) is 13.7. The summed E-state index contributed by atoms with van der Waals surface area (Å²) in [4.78, 5) is 70.0.